The van der Waals surface area contributed by atoms with Gasteiger partial charge in [-0.25, -0.2) is 9.78 Å². The molecule has 1 atom stereocenters. The number of H-pyrrole nitrogens is 1. The summed E-state index contributed by atoms with van der Waals surface area (Å²) in [5, 5.41) is 9.80. The Morgan fingerprint density at radius 3 is 3.00 bits per heavy atom. The Bertz CT molecular complexity index is 1090. The zero-order chi connectivity index (χ0) is 19.5. The maximum Gasteiger partial charge on any atom is 0.317 e. The molecule has 28 heavy (non-hydrogen) atoms. The number of amides is 2. The summed E-state index contributed by atoms with van der Waals surface area (Å²) in [7, 11) is 0. The summed E-state index contributed by atoms with van der Waals surface area (Å²) >= 11 is 13.1. The molecule has 0 bridgehead atoms. The molecule has 5 heterocycles. The third-order valence-corrected chi connectivity index (χ3v) is 6.59. The molecule has 0 radical (unpaired) electrons. The summed E-state index contributed by atoms with van der Waals surface area (Å²) in [4.78, 5) is 21.6. The Morgan fingerprint density at radius 2 is 2.18 bits per heavy atom. The molecule has 3 aromatic heterocycles. The molecule has 5 rings (SSSR count). The fourth-order valence-corrected chi connectivity index (χ4v) is 5.18. The van der Waals surface area contributed by atoms with E-state index >= 15 is 0 Å². The molecule has 0 aromatic carbocycles. The van der Waals surface area contributed by atoms with Crippen LogP contribution in [0.2, 0.25) is 10.0 Å². The first kappa shape index (κ1) is 17.8. The van der Waals surface area contributed by atoms with Gasteiger partial charge in [0.15, 0.2) is 0 Å². The highest BCUT2D eigenvalue weighted by molar-refractivity contribution is 6.36. The average Bonchev–Trinajstić information content (AvgIpc) is 3.43. The van der Waals surface area contributed by atoms with Crippen LogP contribution in [0.1, 0.15) is 25.5 Å². The van der Waals surface area contributed by atoms with E-state index in [1.54, 1.807) is 12.4 Å². The smallest absolute Gasteiger partial charge is 0.317 e. The van der Waals surface area contributed by atoms with Crippen molar-refractivity contribution in [3.63, 3.8) is 0 Å². The fourth-order valence-electron chi connectivity index (χ4n) is 4.54. The van der Waals surface area contributed by atoms with Gasteiger partial charge in [-0.1, -0.05) is 23.2 Å². The highest BCUT2D eigenvalue weighted by Gasteiger charge is 2.48. The number of urea groups is 1. The normalized spacial score (nSPS) is 21.0. The number of rotatable bonds is 2. The number of fused-ring (bicyclic) bond motifs is 3. The van der Waals surface area contributed by atoms with Crippen molar-refractivity contribution in [2.45, 2.75) is 31.7 Å². The maximum absolute atomic E-state index is 12.3. The summed E-state index contributed by atoms with van der Waals surface area (Å²) in [6, 6.07) is 1.96. The number of carbonyl (C=O) groups excluding carboxylic acids is 1. The third-order valence-electron chi connectivity index (χ3n) is 5.92. The molecule has 7 nitrogen and oxygen atoms in total. The quantitative estimate of drug-likeness (QED) is 0.663. The number of hydrogen-bond donors (Lipinski definition) is 2. The summed E-state index contributed by atoms with van der Waals surface area (Å²) in [6.07, 6.45) is 5.34. The molecule has 0 saturated carbocycles. The number of halogens is 2. The third kappa shape index (κ3) is 2.53. The molecule has 2 amide bonds. The van der Waals surface area contributed by atoms with E-state index in [1.807, 2.05) is 22.6 Å². The highest BCUT2D eigenvalue weighted by atomic mass is 35.5. The lowest BCUT2D eigenvalue weighted by Crippen LogP contribution is -2.40. The van der Waals surface area contributed by atoms with Crippen LogP contribution in [-0.4, -0.2) is 50.3 Å². The first-order chi connectivity index (χ1) is 13.5. The Labute approximate surface area is 172 Å². The van der Waals surface area contributed by atoms with Crippen molar-refractivity contribution in [3.05, 3.63) is 34.2 Å². The zero-order valence-corrected chi connectivity index (χ0v) is 16.9. The van der Waals surface area contributed by atoms with Gasteiger partial charge in [0.05, 0.1) is 15.7 Å². The van der Waals surface area contributed by atoms with Crippen molar-refractivity contribution < 1.29 is 4.79 Å². The number of aryl methyl sites for hydroxylation is 1. The van der Waals surface area contributed by atoms with Crippen LogP contribution in [0.15, 0.2) is 18.5 Å². The number of carbonyl (C=O) groups is 1. The minimum absolute atomic E-state index is 0.00885. The van der Waals surface area contributed by atoms with Gasteiger partial charge in [-0.05, 0) is 25.8 Å². The lowest BCUT2D eigenvalue weighted by molar-refractivity contribution is 0.206. The monoisotopic (exact) mass is 418 g/mol. The van der Waals surface area contributed by atoms with Crippen molar-refractivity contribution in [1.29, 1.82) is 0 Å². The van der Waals surface area contributed by atoms with Crippen LogP contribution < -0.4 is 5.32 Å². The van der Waals surface area contributed by atoms with Crippen LogP contribution in [0.25, 0.3) is 22.3 Å². The zero-order valence-electron chi connectivity index (χ0n) is 15.4. The molecule has 1 saturated heterocycles. The Hall–Kier alpha value is -2.25. The largest absolute Gasteiger partial charge is 0.345 e. The lowest BCUT2D eigenvalue weighted by atomic mass is 9.82. The molecule has 2 aliphatic heterocycles. The summed E-state index contributed by atoms with van der Waals surface area (Å²) in [5.74, 6) is 0. The van der Waals surface area contributed by atoms with E-state index in [4.69, 9.17) is 28.3 Å². The predicted molar refractivity (Wildman–Crippen MR) is 109 cm³/mol. The van der Waals surface area contributed by atoms with Crippen molar-refractivity contribution >= 4 is 40.3 Å². The summed E-state index contributed by atoms with van der Waals surface area (Å²) in [5.41, 5.74) is 3.21. The van der Waals surface area contributed by atoms with Gasteiger partial charge in [-0.15, -0.1) is 0 Å². The van der Waals surface area contributed by atoms with Crippen LogP contribution in [0.4, 0.5) is 4.79 Å². The Kier molecular flexibility index (Phi) is 4.07. The number of hydrogen-bond acceptors (Lipinski definition) is 3. The second-order valence-electron chi connectivity index (χ2n) is 7.53. The number of aromatic nitrogens is 4. The standard InChI is InChI=1S/C19H20Cl2N6O/c1-2-22-18(28)26-5-3-19(10-26)4-6-27-16(19)14(21)15(25-27)11-7-12-13(20)9-24-17(12)23-8-11/h7-9H,2-6,10H2,1H3,(H,22,28)(H,23,24). The first-order valence-corrected chi connectivity index (χ1v) is 10.2. The second kappa shape index (κ2) is 6.39. The van der Waals surface area contributed by atoms with E-state index in [0.717, 1.165) is 53.9 Å². The molecule has 3 aromatic rings. The molecule has 0 aliphatic carbocycles. The van der Waals surface area contributed by atoms with Crippen LogP contribution in [0, 0.1) is 0 Å². The van der Waals surface area contributed by atoms with E-state index in [0.29, 0.717) is 23.1 Å². The molecule has 146 valence electrons. The molecular weight excluding hydrogens is 399 g/mol. The number of nitrogens with zero attached hydrogens (tertiary/aromatic N) is 4. The van der Waals surface area contributed by atoms with E-state index in [9.17, 15) is 4.79 Å². The number of aromatic amines is 1. The van der Waals surface area contributed by atoms with Crippen LogP contribution in [-0.2, 0) is 12.0 Å². The average molecular weight is 419 g/mol. The van der Waals surface area contributed by atoms with Crippen molar-refractivity contribution in [1.82, 2.24) is 30.0 Å². The number of likely N-dealkylation sites (tertiary alicyclic amines) is 1. The molecule has 9 heteroatoms. The first-order valence-electron chi connectivity index (χ1n) is 9.45. The van der Waals surface area contributed by atoms with Gasteiger partial charge in [-0.2, -0.15) is 5.10 Å². The van der Waals surface area contributed by atoms with E-state index in [2.05, 4.69) is 15.3 Å². The molecule has 1 spiro atoms. The molecule has 1 unspecified atom stereocenters. The molecule has 2 aliphatic rings. The van der Waals surface area contributed by atoms with E-state index in [1.165, 1.54) is 0 Å². The van der Waals surface area contributed by atoms with Crippen LogP contribution in [0.3, 0.4) is 0 Å². The predicted octanol–water partition coefficient (Wildman–Crippen LogP) is 3.81. The van der Waals surface area contributed by atoms with Gasteiger partial charge in [0.2, 0.25) is 0 Å². The van der Waals surface area contributed by atoms with Crippen molar-refractivity contribution in [2.75, 3.05) is 19.6 Å². The van der Waals surface area contributed by atoms with E-state index < -0.39 is 0 Å². The minimum atomic E-state index is -0.128. The number of pyridine rings is 1. The van der Waals surface area contributed by atoms with Gasteiger partial charge in [0, 0.05) is 54.9 Å². The molecular formula is C19H20Cl2N6O. The van der Waals surface area contributed by atoms with Gasteiger partial charge >= 0.3 is 6.03 Å². The van der Waals surface area contributed by atoms with Gasteiger partial charge in [0.1, 0.15) is 11.3 Å². The van der Waals surface area contributed by atoms with Gasteiger partial charge in [-0.3, -0.25) is 4.68 Å². The fraction of sp³-hybridized carbons (Fsp3) is 0.421. The molecule has 2 N–H and O–H groups in total. The van der Waals surface area contributed by atoms with Crippen molar-refractivity contribution in [2.24, 2.45) is 0 Å². The maximum atomic E-state index is 12.3. The lowest BCUT2D eigenvalue weighted by Gasteiger charge is -2.24. The Morgan fingerprint density at radius 1 is 1.36 bits per heavy atom. The Balaban J connectivity index is 1.53. The summed E-state index contributed by atoms with van der Waals surface area (Å²) in [6.45, 7) is 4.76. The number of nitrogens with one attached hydrogen (secondary N) is 2. The SMILES string of the molecule is CCNC(=O)N1CCC2(CCn3nc(-c4cnc5[nH]cc(Cl)c5c4)c(Cl)c32)C1. The van der Waals surface area contributed by atoms with Gasteiger partial charge < -0.3 is 15.2 Å². The highest BCUT2D eigenvalue weighted by Crippen LogP contribution is 2.48. The summed E-state index contributed by atoms with van der Waals surface area (Å²) < 4.78 is 2.00. The van der Waals surface area contributed by atoms with E-state index in [-0.39, 0.29) is 11.4 Å². The van der Waals surface area contributed by atoms with Crippen LogP contribution in [0.5, 0.6) is 0 Å². The van der Waals surface area contributed by atoms with Crippen molar-refractivity contribution in [3.8, 4) is 11.3 Å². The minimum Gasteiger partial charge on any atom is -0.345 e. The van der Waals surface area contributed by atoms with Gasteiger partial charge in [0.25, 0.3) is 0 Å². The molecule has 1 fully saturated rings. The second-order valence-corrected chi connectivity index (χ2v) is 8.31. The topological polar surface area (TPSA) is 78.8 Å². The van der Waals surface area contributed by atoms with Crippen LogP contribution >= 0.6 is 23.2 Å².